The van der Waals surface area contributed by atoms with Gasteiger partial charge < -0.3 is 4.74 Å². The van der Waals surface area contributed by atoms with Gasteiger partial charge in [0, 0.05) is 11.1 Å². The van der Waals surface area contributed by atoms with E-state index in [-0.39, 0.29) is 30.0 Å². The molecule has 11 heteroatoms. The topological polar surface area (TPSA) is 61.2 Å². The fourth-order valence-electron chi connectivity index (χ4n) is 4.34. The molecule has 0 saturated carbocycles. The highest BCUT2D eigenvalue weighted by Gasteiger charge is 2.44. The first kappa shape index (κ1) is 25.5. The van der Waals surface area contributed by atoms with Crippen LogP contribution in [-0.4, -0.2) is 28.3 Å². The van der Waals surface area contributed by atoms with Gasteiger partial charge in [-0.3, -0.25) is 4.79 Å². The molecule has 0 unspecified atom stereocenters. The highest BCUT2D eigenvalue weighted by Crippen LogP contribution is 2.40. The average molecular weight is 510 g/mol. The third-order valence-electron chi connectivity index (χ3n) is 5.93. The number of esters is 1. The first-order valence-electron chi connectivity index (χ1n) is 11.1. The molecule has 0 amide bonds. The Balaban J connectivity index is 1.86. The first-order chi connectivity index (χ1) is 16.9. The number of hydrogen-bond donors (Lipinski definition) is 0. The molecule has 0 spiro atoms. The number of halogens is 6. The van der Waals surface area contributed by atoms with Crippen LogP contribution in [0.5, 0.6) is 0 Å². The molecular formula is C25H20F6N2O3. The lowest BCUT2D eigenvalue weighted by atomic mass is 9.93. The molecule has 1 heterocycles. The number of alkyl halides is 6. The normalized spacial score (nSPS) is 13.9. The van der Waals surface area contributed by atoms with Gasteiger partial charge in [0.05, 0.1) is 40.2 Å². The Morgan fingerprint density at radius 2 is 1.50 bits per heavy atom. The van der Waals surface area contributed by atoms with Gasteiger partial charge in [-0.15, -0.1) is 0 Å². The predicted molar refractivity (Wildman–Crippen MR) is 116 cm³/mol. The molecule has 1 aliphatic rings. The van der Waals surface area contributed by atoms with Crippen LogP contribution in [0.1, 0.15) is 62.9 Å². The summed E-state index contributed by atoms with van der Waals surface area (Å²) < 4.78 is 87.6. The minimum Gasteiger partial charge on any atom is -0.462 e. The predicted octanol–water partition coefficient (Wildman–Crippen LogP) is 6.33. The molecule has 1 aromatic heterocycles. The average Bonchev–Trinajstić information content (AvgIpc) is 3.22. The third kappa shape index (κ3) is 4.74. The van der Waals surface area contributed by atoms with Crippen LogP contribution < -0.4 is 0 Å². The highest BCUT2D eigenvalue weighted by molar-refractivity contribution is 5.99. The zero-order valence-electron chi connectivity index (χ0n) is 19.0. The van der Waals surface area contributed by atoms with E-state index in [2.05, 4.69) is 5.10 Å². The van der Waals surface area contributed by atoms with Crippen molar-refractivity contribution in [2.45, 2.75) is 45.0 Å². The molecule has 1 aliphatic carbocycles. The standard InChI is InChI=1S/C25H20F6N2O3/c1-2-36-23(35)15-12-10-14(11-13-15)21-16-6-3-4-9-19(16)33(32-21)22(34)20-17(24(26,27)28)7-5-8-18(20)25(29,30)31/h5,7-8,10-13H,2-4,6,9H2,1H3. The summed E-state index contributed by atoms with van der Waals surface area (Å²) in [5.74, 6) is -2.04. The van der Waals surface area contributed by atoms with Crippen LogP contribution in [0, 0.1) is 0 Å². The lowest BCUT2D eigenvalue weighted by Crippen LogP contribution is -2.26. The van der Waals surface area contributed by atoms with Crippen LogP contribution >= 0.6 is 0 Å². The lowest BCUT2D eigenvalue weighted by molar-refractivity contribution is -0.143. The van der Waals surface area contributed by atoms with Gasteiger partial charge in [0.2, 0.25) is 0 Å². The molecule has 0 fully saturated rings. The molecule has 0 radical (unpaired) electrons. The summed E-state index contributed by atoms with van der Waals surface area (Å²) in [6, 6.07) is 7.57. The third-order valence-corrected chi connectivity index (χ3v) is 5.93. The van der Waals surface area contributed by atoms with E-state index in [1.165, 1.54) is 12.1 Å². The van der Waals surface area contributed by atoms with Gasteiger partial charge in [-0.2, -0.15) is 36.1 Å². The number of aromatic nitrogens is 2. The van der Waals surface area contributed by atoms with Crippen LogP contribution in [0.3, 0.4) is 0 Å². The molecule has 5 nitrogen and oxygen atoms in total. The number of hydrogen-bond acceptors (Lipinski definition) is 4. The Kier molecular flexibility index (Phi) is 6.68. The summed E-state index contributed by atoms with van der Waals surface area (Å²) in [7, 11) is 0. The van der Waals surface area contributed by atoms with Crippen LogP contribution in [0.15, 0.2) is 42.5 Å². The number of rotatable bonds is 4. The summed E-state index contributed by atoms with van der Waals surface area (Å²) in [5.41, 5.74) is -2.99. The van der Waals surface area contributed by atoms with Crippen molar-refractivity contribution in [3.05, 3.63) is 76.0 Å². The monoisotopic (exact) mass is 510 g/mol. The molecule has 0 bridgehead atoms. The van der Waals surface area contributed by atoms with Crippen molar-refractivity contribution >= 4 is 11.9 Å². The molecule has 36 heavy (non-hydrogen) atoms. The quantitative estimate of drug-likeness (QED) is 0.304. The zero-order valence-corrected chi connectivity index (χ0v) is 19.0. The number of ether oxygens (including phenoxy) is 1. The molecule has 0 saturated heterocycles. The van der Waals surface area contributed by atoms with Crippen LogP contribution in [0.2, 0.25) is 0 Å². The smallest absolute Gasteiger partial charge is 0.417 e. The van der Waals surface area contributed by atoms with Gasteiger partial charge in [0.25, 0.3) is 5.91 Å². The van der Waals surface area contributed by atoms with Gasteiger partial charge in [0.1, 0.15) is 0 Å². The highest BCUT2D eigenvalue weighted by atomic mass is 19.4. The maximum absolute atomic E-state index is 13.7. The van der Waals surface area contributed by atoms with Crippen molar-refractivity contribution in [2.75, 3.05) is 6.61 Å². The van der Waals surface area contributed by atoms with Crippen molar-refractivity contribution in [1.82, 2.24) is 9.78 Å². The van der Waals surface area contributed by atoms with E-state index in [0.717, 1.165) is 0 Å². The summed E-state index contributed by atoms with van der Waals surface area (Å²) in [6.45, 7) is 1.84. The van der Waals surface area contributed by atoms with Gasteiger partial charge in [-0.1, -0.05) is 18.2 Å². The van der Waals surface area contributed by atoms with E-state index in [9.17, 15) is 35.9 Å². The fourth-order valence-corrected chi connectivity index (χ4v) is 4.34. The fraction of sp³-hybridized carbons (Fsp3) is 0.320. The van der Waals surface area contributed by atoms with Crippen molar-refractivity contribution in [3.8, 4) is 11.3 Å². The Bertz CT molecular complexity index is 1270. The number of nitrogens with zero attached hydrogens (tertiary/aromatic N) is 2. The molecule has 3 aromatic rings. The summed E-state index contributed by atoms with van der Waals surface area (Å²) >= 11 is 0. The number of fused-ring (bicyclic) bond motifs is 1. The molecular weight excluding hydrogens is 490 g/mol. The number of benzene rings is 2. The van der Waals surface area contributed by atoms with Gasteiger partial charge >= 0.3 is 18.3 Å². The van der Waals surface area contributed by atoms with E-state index in [1.54, 1.807) is 19.1 Å². The zero-order chi connectivity index (χ0) is 26.3. The second-order valence-electron chi connectivity index (χ2n) is 8.22. The van der Waals surface area contributed by atoms with Gasteiger partial charge in [0.15, 0.2) is 0 Å². The van der Waals surface area contributed by atoms with Crippen molar-refractivity contribution < 1.29 is 40.7 Å². The minimum absolute atomic E-state index is 0.180. The maximum Gasteiger partial charge on any atom is 0.417 e. The van der Waals surface area contributed by atoms with Crippen molar-refractivity contribution in [3.63, 3.8) is 0 Å². The second kappa shape index (κ2) is 9.44. The molecule has 2 aromatic carbocycles. The Morgan fingerprint density at radius 1 is 0.917 bits per heavy atom. The van der Waals surface area contributed by atoms with Gasteiger partial charge in [-0.25, -0.2) is 4.79 Å². The van der Waals surface area contributed by atoms with E-state index >= 15 is 0 Å². The number of carbonyl (C=O) groups excluding carboxylic acids is 2. The Labute approximate surface area is 201 Å². The number of carbonyl (C=O) groups is 2. The molecule has 0 atom stereocenters. The Hall–Kier alpha value is -3.63. The maximum atomic E-state index is 13.7. The first-order valence-corrected chi connectivity index (χ1v) is 11.1. The largest absolute Gasteiger partial charge is 0.462 e. The second-order valence-corrected chi connectivity index (χ2v) is 8.22. The van der Waals surface area contributed by atoms with Crippen molar-refractivity contribution in [2.24, 2.45) is 0 Å². The summed E-state index contributed by atoms with van der Waals surface area (Å²) in [5, 5.41) is 4.21. The van der Waals surface area contributed by atoms with E-state index in [4.69, 9.17) is 4.74 Å². The van der Waals surface area contributed by atoms with E-state index in [1.807, 2.05) is 0 Å². The lowest BCUT2D eigenvalue weighted by Gasteiger charge is -2.19. The molecule has 4 rings (SSSR count). The minimum atomic E-state index is -5.19. The van der Waals surface area contributed by atoms with Crippen molar-refractivity contribution in [1.29, 1.82) is 0 Å². The summed E-state index contributed by atoms with van der Waals surface area (Å²) in [6.07, 6.45) is -8.35. The van der Waals surface area contributed by atoms with Gasteiger partial charge in [-0.05, 0) is 56.9 Å². The Morgan fingerprint density at radius 3 is 2.06 bits per heavy atom. The van der Waals surface area contributed by atoms with Crippen LogP contribution in [0.25, 0.3) is 11.3 Å². The van der Waals surface area contributed by atoms with E-state index in [0.29, 0.717) is 53.3 Å². The molecule has 190 valence electrons. The molecule has 0 aliphatic heterocycles. The molecule has 0 N–H and O–H groups in total. The SMILES string of the molecule is CCOC(=O)c1ccc(-c2nn(C(=O)c3c(C(F)(F)F)cccc3C(F)(F)F)c3c2CCCC3)cc1. The summed E-state index contributed by atoms with van der Waals surface area (Å²) in [4.78, 5) is 25.3. The van der Waals surface area contributed by atoms with E-state index < -0.39 is 40.9 Å². The van der Waals surface area contributed by atoms with Crippen LogP contribution in [0.4, 0.5) is 26.3 Å². The van der Waals surface area contributed by atoms with Crippen LogP contribution in [-0.2, 0) is 29.9 Å².